The minimum atomic E-state index is -2.27. The lowest BCUT2D eigenvalue weighted by Gasteiger charge is -2.23. The number of rotatable bonds is 3. The van der Waals surface area contributed by atoms with Crippen LogP contribution in [0.15, 0.2) is 41.5 Å². The maximum absolute atomic E-state index is 13.9. The van der Waals surface area contributed by atoms with Gasteiger partial charge in [-0.05, 0) is 18.6 Å². The number of ether oxygens (including phenoxy) is 1. The van der Waals surface area contributed by atoms with Crippen molar-refractivity contribution in [3.8, 4) is 0 Å². The van der Waals surface area contributed by atoms with Gasteiger partial charge in [-0.25, -0.2) is 0 Å². The molecule has 5 heteroatoms. The van der Waals surface area contributed by atoms with Crippen LogP contribution in [0, 0.1) is 6.92 Å². The highest BCUT2D eigenvalue weighted by Gasteiger charge is 2.30. The summed E-state index contributed by atoms with van der Waals surface area (Å²) >= 11 is 0. The van der Waals surface area contributed by atoms with E-state index in [0.29, 0.717) is 0 Å². The summed E-state index contributed by atoms with van der Waals surface area (Å²) in [6, 6.07) is 7.64. The lowest BCUT2D eigenvalue weighted by Crippen LogP contribution is -2.42. The molecule has 1 heterocycles. The monoisotopic (exact) mass is 235 g/mol. The first-order valence-electron chi connectivity index (χ1n) is 5.25. The minimum Gasteiger partial charge on any atom is -0.384 e. The Hall–Kier alpha value is -1.88. The van der Waals surface area contributed by atoms with Crippen LogP contribution in [-0.2, 0) is 11.3 Å². The molecule has 0 radical (unpaired) electrons. The van der Waals surface area contributed by atoms with Crippen molar-refractivity contribution in [2.75, 3.05) is 0 Å². The molecular weight excluding hydrogens is 221 g/mol. The summed E-state index contributed by atoms with van der Waals surface area (Å²) in [7, 11) is 0. The van der Waals surface area contributed by atoms with Gasteiger partial charge in [-0.15, -0.1) is 0 Å². The van der Waals surface area contributed by atoms with Crippen LogP contribution in [0.2, 0.25) is 0 Å². The van der Waals surface area contributed by atoms with E-state index < -0.39 is 6.10 Å². The molecule has 1 atom stereocenters. The van der Waals surface area contributed by atoms with E-state index in [2.05, 4.69) is 10.3 Å². The average Bonchev–Trinajstić information content (AvgIpc) is 2.28. The van der Waals surface area contributed by atoms with Crippen molar-refractivity contribution in [2.24, 2.45) is 10.7 Å². The summed E-state index contributed by atoms with van der Waals surface area (Å²) in [5.74, 6) is 0.0927. The van der Waals surface area contributed by atoms with Crippen molar-refractivity contribution in [3.63, 3.8) is 0 Å². The third kappa shape index (κ3) is 3.04. The predicted octanol–water partition coefficient (Wildman–Crippen LogP) is 1.57. The SMILES string of the molecule is Cc1ccc(COC2(F)N=C(N)C=CN2)cc1. The Morgan fingerprint density at radius 3 is 2.76 bits per heavy atom. The van der Waals surface area contributed by atoms with E-state index in [-0.39, 0.29) is 12.4 Å². The molecule has 17 heavy (non-hydrogen) atoms. The van der Waals surface area contributed by atoms with Gasteiger partial charge in [0.1, 0.15) is 5.84 Å². The standard InChI is InChI=1S/C12H14FN3O/c1-9-2-4-10(5-3-9)8-17-12(13)15-7-6-11(14)16-12/h2-7,15H,8H2,1H3,(H2,14,16). The van der Waals surface area contributed by atoms with Crippen molar-refractivity contribution >= 4 is 5.84 Å². The molecule has 0 aromatic heterocycles. The van der Waals surface area contributed by atoms with Crippen LogP contribution in [0.25, 0.3) is 0 Å². The smallest absolute Gasteiger partial charge is 0.384 e. The van der Waals surface area contributed by atoms with Crippen LogP contribution < -0.4 is 11.1 Å². The molecule has 0 aliphatic carbocycles. The van der Waals surface area contributed by atoms with Gasteiger partial charge in [0.05, 0.1) is 6.61 Å². The minimum absolute atomic E-state index is 0.0927. The van der Waals surface area contributed by atoms with Crippen molar-refractivity contribution in [2.45, 2.75) is 19.6 Å². The molecule has 2 rings (SSSR count). The number of aryl methyl sites for hydroxylation is 1. The lowest BCUT2D eigenvalue weighted by atomic mass is 10.2. The van der Waals surface area contributed by atoms with Gasteiger partial charge < -0.3 is 15.8 Å². The molecule has 0 spiro atoms. The number of amidine groups is 1. The molecule has 0 amide bonds. The second-order valence-electron chi connectivity index (χ2n) is 3.85. The molecule has 1 aromatic rings. The quantitative estimate of drug-likeness (QED) is 0.782. The van der Waals surface area contributed by atoms with Gasteiger partial charge >= 0.3 is 6.10 Å². The maximum atomic E-state index is 13.9. The van der Waals surface area contributed by atoms with Crippen molar-refractivity contribution in [3.05, 3.63) is 47.7 Å². The molecular formula is C12H14FN3O. The molecule has 1 aliphatic rings. The van der Waals surface area contributed by atoms with E-state index in [0.717, 1.165) is 11.1 Å². The molecule has 0 saturated carbocycles. The van der Waals surface area contributed by atoms with Gasteiger partial charge in [-0.1, -0.05) is 29.8 Å². The van der Waals surface area contributed by atoms with E-state index in [1.54, 1.807) is 0 Å². The zero-order valence-electron chi connectivity index (χ0n) is 9.48. The Kier molecular flexibility index (Phi) is 3.10. The Morgan fingerprint density at radius 2 is 2.12 bits per heavy atom. The lowest BCUT2D eigenvalue weighted by molar-refractivity contribution is -0.163. The fourth-order valence-electron chi connectivity index (χ4n) is 1.40. The Labute approximate surface area is 99.0 Å². The number of nitrogens with one attached hydrogen (secondary N) is 1. The van der Waals surface area contributed by atoms with E-state index >= 15 is 0 Å². The number of nitrogens with zero attached hydrogens (tertiary/aromatic N) is 1. The maximum Gasteiger partial charge on any atom is 0.396 e. The number of aliphatic imine (C=N–C) groups is 1. The molecule has 1 aliphatic heterocycles. The third-order valence-corrected chi connectivity index (χ3v) is 2.34. The van der Waals surface area contributed by atoms with Gasteiger partial charge in [0.2, 0.25) is 0 Å². The Bertz CT molecular complexity index is 455. The van der Waals surface area contributed by atoms with Crippen molar-refractivity contribution in [1.82, 2.24) is 5.32 Å². The van der Waals surface area contributed by atoms with Crippen LogP contribution in [0.4, 0.5) is 4.39 Å². The van der Waals surface area contributed by atoms with Crippen molar-refractivity contribution < 1.29 is 9.13 Å². The summed E-state index contributed by atoms with van der Waals surface area (Å²) in [6.45, 7) is 2.11. The van der Waals surface area contributed by atoms with Gasteiger partial charge in [0.15, 0.2) is 0 Å². The summed E-state index contributed by atoms with van der Waals surface area (Å²) in [4.78, 5) is 3.55. The highest BCUT2D eigenvalue weighted by atomic mass is 19.2. The molecule has 0 bridgehead atoms. The van der Waals surface area contributed by atoms with E-state index in [1.807, 2.05) is 31.2 Å². The number of benzene rings is 1. The third-order valence-electron chi connectivity index (χ3n) is 2.34. The Balaban J connectivity index is 1.98. The highest BCUT2D eigenvalue weighted by Crippen LogP contribution is 2.17. The summed E-state index contributed by atoms with van der Waals surface area (Å²) < 4.78 is 19.0. The number of hydrogen-bond donors (Lipinski definition) is 2. The Morgan fingerprint density at radius 1 is 1.41 bits per heavy atom. The first kappa shape index (κ1) is 11.6. The number of alkyl halides is 1. The van der Waals surface area contributed by atoms with Crippen LogP contribution in [0.3, 0.4) is 0 Å². The topological polar surface area (TPSA) is 59.6 Å². The highest BCUT2D eigenvalue weighted by molar-refractivity contribution is 5.92. The van der Waals surface area contributed by atoms with Gasteiger partial charge in [0.25, 0.3) is 0 Å². The van der Waals surface area contributed by atoms with Crippen LogP contribution >= 0.6 is 0 Å². The van der Waals surface area contributed by atoms with Crippen LogP contribution in [0.5, 0.6) is 0 Å². The molecule has 4 nitrogen and oxygen atoms in total. The van der Waals surface area contributed by atoms with Gasteiger partial charge in [-0.3, -0.25) is 0 Å². The molecule has 0 saturated heterocycles. The normalized spacial score (nSPS) is 23.1. The summed E-state index contributed by atoms with van der Waals surface area (Å²) in [5.41, 5.74) is 7.42. The zero-order chi connectivity index (χ0) is 12.3. The predicted molar refractivity (Wildman–Crippen MR) is 63.7 cm³/mol. The molecule has 3 N–H and O–H groups in total. The summed E-state index contributed by atoms with van der Waals surface area (Å²) in [6.07, 6.45) is 0.564. The second kappa shape index (κ2) is 4.55. The molecule has 90 valence electrons. The first-order chi connectivity index (χ1) is 8.07. The number of halogens is 1. The van der Waals surface area contributed by atoms with Crippen LogP contribution in [0.1, 0.15) is 11.1 Å². The van der Waals surface area contributed by atoms with E-state index in [1.165, 1.54) is 12.3 Å². The second-order valence-corrected chi connectivity index (χ2v) is 3.85. The van der Waals surface area contributed by atoms with E-state index in [9.17, 15) is 4.39 Å². The van der Waals surface area contributed by atoms with Gasteiger partial charge in [0, 0.05) is 6.20 Å². The molecule has 1 unspecified atom stereocenters. The first-order valence-corrected chi connectivity index (χ1v) is 5.25. The summed E-state index contributed by atoms with van der Waals surface area (Å²) in [5, 5.41) is 2.37. The van der Waals surface area contributed by atoms with Crippen LogP contribution in [-0.4, -0.2) is 11.9 Å². The van der Waals surface area contributed by atoms with Gasteiger partial charge in [-0.2, -0.15) is 9.38 Å². The number of hydrogen-bond acceptors (Lipinski definition) is 4. The number of nitrogens with two attached hydrogens (primary N) is 1. The molecule has 0 fully saturated rings. The zero-order valence-corrected chi connectivity index (χ0v) is 9.48. The fourth-order valence-corrected chi connectivity index (χ4v) is 1.40. The van der Waals surface area contributed by atoms with Crippen molar-refractivity contribution in [1.29, 1.82) is 0 Å². The fraction of sp³-hybridized carbons (Fsp3) is 0.250. The average molecular weight is 235 g/mol. The van der Waals surface area contributed by atoms with E-state index in [4.69, 9.17) is 10.5 Å². The largest absolute Gasteiger partial charge is 0.396 e. The molecule has 1 aromatic carbocycles.